The molecule has 3 rings (SSSR count). The number of hydrogen-bond acceptors (Lipinski definition) is 6. The van der Waals surface area contributed by atoms with Crippen LogP contribution in [0.1, 0.15) is 10.1 Å². The fourth-order valence-corrected chi connectivity index (χ4v) is 6.06. The summed E-state index contributed by atoms with van der Waals surface area (Å²) in [6.45, 7) is 0. The van der Waals surface area contributed by atoms with E-state index >= 15 is 0 Å². The maximum Gasteiger partial charge on any atom is 0.573 e. The van der Waals surface area contributed by atoms with Gasteiger partial charge in [0, 0.05) is 17.6 Å². The summed E-state index contributed by atoms with van der Waals surface area (Å²) in [5, 5.41) is 0. The SMILES string of the molecule is O=S(=O)(Oc1ccc(C2SCCS2)cc1)c1cccc(OC(F)(F)F)c1. The van der Waals surface area contributed by atoms with Crippen molar-refractivity contribution in [2.45, 2.75) is 15.8 Å². The maximum atomic E-state index is 12.3. The largest absolute Gasteiger partial charge is 0.573 e. The van der Waals surface area contributed by atoms with E-state index in [2.05, 4.69) is 4.74 Å². The Morgan fingerprint density at radius 2 is 1.62 bits per heavy atom. The van der Waals surface area contributed by atoms with Crippen LogP contribution in [0.3, 0.4) is 0 Å². The zero-order valence-corrected chi connectivity index (χ0v) is 15.6. The van der Waals surface area contributed by atoms with E-state index in [1.807, 2.05) is 23.5 Å². The zero-order valence-electron chi connectivity index (χ0n) is 13.1. The molecule has 140 valence electrons. The molecule has 2 aromatic carbocycles. The van der Waals surface area contributed by atoms with Crippen LogP contribution in [0.25, 0.3) is 0 Å². The second-order valence-corrected chi connectivity index (χ2v) is 9.47. The van der Waals surface area contributed by atoms with Gasteiger partial charge in [0.2, 0.25) is 0 Å². The van der Waals surface area contributed by atoms with E-state index in [4.69, 9.17) is 4.18 Å². The highest BCUT2D eigenvalue weighted by Crippen LogP contribution is 2.45. The predicted molar refractivity (Wildman–Crippen MR) is 95.0 cm³/mol. The van der Waals surface area contributed by atoms with E-state index in [1.54, 1.807) is 12.1 Å². The molecule has 1 heterocycles. The van der Waals surface area contributed by atoms with Crippen LogP contribution in [0, 0.1) is 0 Å². The highest BCUT2D eigenvalue weighted by molar-refractivity contribution is 8.19. The Balaban J connectivity index is 1.75. The van der Waals surface area contributed by atoms with Crippen molar-refractivity contribution < 1.29 is 30.5 Å². The molecule has 1 fully saturated rings. The third-order valence-electron chi connectivity index (χ3n) is 3.31. The van der Waals surface area contributed by atoms with Gasteiger partial charge in [0.25, 0.3) is 0 Å². The second-order valence-electron chi connectivity index (χ2n) is 5.20. The normalized spacial score (nSPS) is 15.8. The van der Waals surface area contributed by atoms with Gasteiger partial charge in [0.1, 0.15) is 16.4 Å². The number of alkyl halides is 3. The molecule has 0 bridgehead atoms. The van der Waals surface area contributed by atoms with Crippen LogP contribution in [0.5, 0.6) is 11.5 Å². The molecule has 1 aliphatic rings. The highest BCUT2D eigenvalue weighted by Gasteiger charge is 2.31. The average Bonchev–Trinajstić information content (AvgIpc) is 3.08. The second kappa shape index (κ2) is 7.61. The number of thioether (sulfide) groups is 2. The molecule has 26 heavy (non-hydrogen) atoms. The molecule has 0 unspecified atom stereocenters. The molecule has 10 heteroatoms. The molecule has 1 aliphatic heterocycles. The Morgan fingerprint density at radius 1 is 0.962 bits per heavy atom. The van der Waals surface area contributed by atoms with Gasteiger partial charge < -0.3 is 8.92 Å². The van der Waals surface area contributed by atoms with Crippen molar-refractivity contribution in [2.75, 3.05) is 11.5 Å². The molecule has 0 spiro atoms. The van der Waals surface area contributed by atoms with Crippen molar-refractivity contribution in [3.63, 3.8) is 0 Å². The molecule has 4 nitrogen and oxygen atoms in total. The molecule has 0 aromatic heterocycles. The van der Waals surface area contributed by atoms with Crippen LogP contribution in [0.15, 0.2) is 53.4 Å². The van der Waals surface area contributed by atoms with Gasteiger partial charge in [-0.2, -0.15) is 8.42 Å². The lowest BCUT2D eigenvalue weighted by atomic mass is 10.2. The molecule has 0 N–H and O–H groups in total. The summed E-state index contributed by atoms with van der Waals surface area (Å²) in [6, 6.07) is 10.7. The van der Waals surface area contributed by atoms with Crippen molar-refractivity contribution in [1.29, 1.82) is 0 Å². The smallest absolute Gasteiger partial charge is 0.406 e. The molecule has 1 saturated heterocycles. The fourth-order valence-electron chi connectivity index (χ4n) is 2.23. The molecule has 0 radical (unpaired) electrons. The van der Waals surface area contributed by atoms with Gasteiger partial charge in [-0.3, -0.25) is 0 Å². The summed E-state index contributed by atoms with van der Waals surface area (Å²) < 4.78 is 70.5. The van der Waals surface area contributed by atoms with Crippen LogP contribution in [0.2, 0.25) is 0 Å². The maximum absolute atomic E-state index is 12.3. The summed E-state index contributed by atoms with van der Waals surface area (Å²) >= 11 is 3.63. The Bertz CT molecular complexity index is 861. The summed E-state index contributed by atoms with van der Waals surface area (Å²) in [6.07, 6.45) is -4.91. The van der Waals surface area contributed by atoms with Gasteiger partial charge in [-0.05, 0) is 29.8 Å². The first-order chi connectivity index (χ1) is 12.2. The van der Waals surface area contributed by atoms with E-state index in [0.29, 0.717) is 4.58 Å². The van der Waals surface area contributed by atoms with Crippen LogP contribution in [0.4, 0.5) is 13.2 Å². The Morgan fingerprint density at radius 3 is 2.23 bits per heavy atom. The number of halogens is 3. The molecule has 0 amide bonds. The summed E-state index contributed by atoms with van der Waals surface area (Å²) in [5.41, 5.74) is 1.06. The monoisotopic (exact) mass is 422 g/mol. The first-order valence-electron chi connectivity index (χ1n) is 7.36. The van der Waals surface area contributed by atoms with Crippen LogP contribution in [-0.4, -0.2) is 26.3 Å². The summed E-state index contributed by atoms with van der Waals surface area (Å²) in [5.74, 6) is 1.59. The minimum atomic E-state index is -4.91. The molecule has 0 atom stereocenters. The van der Waals surface area contributed by atoms with Crippen molar-refractivity contribution in [1.82, 2.24) is 0 Å². The zero-order chi connectivity index (χ0) is 18.8. The minimum absolute atomic E-state index is 0.0869. The molecule has 0 aliphatic carbocycles. The Hall–Kier alpha value is -1.52. The van der Waals surface area contributed by atoms with Crippen LogP contribution < -0.4 is 8.92 Å². The molecule has 2 aromatic rings. The van der Waals surface area contributed by atoms with Crippen molar-refractivity contribution in [3.05, 3.63) is 54.1 Å². The summed E-state index contributed by atoms with van der Waals surface area (Å²) in [4.78, 5) is -0.426. The Labute approximate surface area is 157 Å². The van der Waals surface area contributed by atoms with E-state index in [0.717, 1.165) is 41.3 Å². The average molecular weight is 422 g/mol. The Kier molecular flexibility index (Phi) is 5.64. The first kappa shape index (κ1) is 19.2. The van der Waals surface area contributed by atoms with Gasteiger partial charge in [0.05, 0.1) is 4.58 Å². The third-order valence-corrected chi connectivity index (χ3v) is 7.66. The lowest BCUT2D eigenvalue weighted by Crippen LogP contribution is -2.17. The van der Waals surface area contributed by atoms with Crippen molar-refractivity contribution in [3.8, 4) is 11.5 Å². The van der Waals surface area contributed by atoms with E-state index in [-0.39, 0.29) is 5.75 Å². The molecular formula is C16H13F3O4S3. The number of rotatable bonds is 5. The predicted octanol–water partition coefficient (Wildman–Crippen LogP) is 4.83. The molecular weight excluding hydrogens is 409 g/mol. The minimum Gasteiger partial charge on any atom is -0.406 e. The number of hydrogen-bond donors (Lipinski definition) is 0. The highest BCUT2D eigenvalue weighted by atomic mass is 32.2. The van der Waals surface area contributed by atoms with E-state index in [1.165, 1.54) is 12.1 Å². The van der Waals surface area contributed by atoms with Gasteiger partial charge in [-0.25, -0.2) is 0 Å². The van der Waals surface area contributed by atoms with Gasteiger partial charge in [-0.15, -0.1) is 36.7 Å². The number of ether oxygens (including phenoxy) is 1. The van der Waals surface area contributed by atoms with E-state index in [9.17, 15) is 21.6 Å². The van der Waals surface area contributed by atoms with Gasteiger partial charge >= 0.3 is 16.5 Å². The van der Waals surface area contributed by atoms with Gasteiger partial charge in [0.15, 0.2) is 0 Å². The standard InChI is InChI=1S/C16H13F3O4S3/c17-16(18,19)22-13-2-1-3-14(10-13)26(20,21)23-12-6-4-11(5-7-12)15-24-8-9-25-15/h1-7,10,15H,8-9H2. The quantitative estimate of drug-likeness (QED) is 0.644. The van der Waals surface area contributed by atoms with Crippen LogP contribution in [-0.2, 0) is 10.1 Å². The topological polar surface area (TPSA) is 52.6 Å². The van der Waals surface area contributed by atoms with Crippen LogP contribution >= 0.6 is 23.5 Å². The summed E-state index contributed by atoms with van der Waals surface area (Å²) in [7, 11) is -4.28. The van der Waals surface area contributed by atoms with Crippen molar-refractivity contribution >= 4 is 33.6 Å². The molecule has 0 saturated carbocycles. The third kappa shape index (κ3) is 5.01. The fraction of sp³-hybridized carbons (Fsp3) is 0.250. The van der Waals surface area contributed by atoms with Gasteiger partial charge in [-0.1, -0.05) is 18.2 Å². The lowest BCUT2D eigenvalue weighted by Gasteiger charge is -2.12. The first-order valence-corrected chi connectivity index (χ1v) is 10.9. The van der Waals surface area contributed by atoms with Crippen molar-refractivity contribution in [2.24, 2.45) is 0 Å². The lowest BCUT2D eigenvalue weighted by molar-refractivity contribution is -0.274. The van der Waals surface area contributed by atoms with E-state index < -0.39 is 27.1 Å². The number of benzene rings is 2.